The summed E-state index contributed by atoms with van der Waals surface area (Å²) in [5, 5.41) is 6.10. The molecule has 164 valence electrons. The molecule has 2 heteroatoms. The summed E-state index contributed by atoms with van der Waals surface area (Å²) in [6, 6.07) is 12.9. The average molecular weight is 407 g/mol. The van der Waals surface area contributed by atoms with Crippen LogP contribution >= 0.6 is 0 Å². The third kappa shape index (κ3) is 7.45. The number of anilines is 1. The molecule has 0 radical (unpaired) electrons. The molecular formula is C28H42N2. The summed E-state index contributed by atoms with van der Waals surface area (Å²) in [6.07, 6.45) is 22.2. The number of hydrogen-bond acceptors (Lipinski definition) is 2. The maximum atomic E-state index is 4.87. The van der Waals surface area contributed by atoms with E-state index in [4.69, 9.17) is 4.99 Å². The normalized spacial score (nSPS) is 12.8. The fraction of sp³-hybridized carbons (Fsp3) is 0.607. The van der Waals surface area contributed by atoms with Gasteiger partial charge in [0.1, 0.15) is 5.84 Å². The first-order valence-electron chi connectivity index (χ1n) is 12.7. The van der Waals surface area contributed by atoms with Crippen LogP contribution in [-0.2, 0) is 0 Å². The van der Waals surface area contributed by atoms with Crippen molar-refractivity contribution in [3.63, 3.8) is 0 Å². The summed E-state index contributed by atoms with van der Waals surface area (Å²) in [6.45, 7) is 2.29. The van der Waals surface area contributed by atoms with Crippen LogP contribution in [0, 0.1) is 0 Å². The topological polar surface area (TPSA) is 24.4 Å². The number of nitrogens with zero attached hydrogens (tertiary/aromatic N) is 1. The first-order chi connectivity index (χ1) is 14.9. The van der Waals surface area contributed by atoms with Gasteiger partial charge in [0.05, 0.1) is 5.69 Å². The minimum absolute atomic E-state index is 1.06. The molecular weight excluding hydrogens is 364 g/mol. The van der Waals surface area contributed by atoms with Gasteiger partial charge < -0.3 is 5.32 Å². The predicted octanol–water partition coefficient (Wildman–Crippen LogP) is 9.56. The number of benzene rings is 2. The lowest BCUT2D eigenvalue weighted by Gasteiger charge is -2.18. The van der Waals surface area contributed by atoms with Gasteiger partial charge in [-0.3, -0.25) is 0 Å². The Morgan fingerprint density at radius 2 is 1.17 bits per heavy atom. The van der Waals surface area contributed by atoms with Gasteiger partial charge in [0.25, 0.3) is 0 Å². The molecule has 1 aliphatic heterocycles. The molecule has 1 heterocycles. The largest absolute Gasteiger partial charge is 0.343 e. The second kappa shape index (κ2) is 13.5. The molecule has 30 heavy (non-hydrogen) atoms. The van der Waals surface area contributed by atoms with Crippen LogP contribution in [0.5, 0.6) is 0 Å². The summed E-state index contributed by atoms with van der Waals surface area (Å²) in [7, 11) is 0. The second-order valence-electron chi connectivity index (χ2n) is 9.06. The standard InChI is InChI=1S/C28H42N2/c1-2-3-4-5-6-7-8-9-10-11-12-13-14-15-16-23-27-29-25-21-17-19-24-20-18-22-26(30-27)28(24)25/h17-22H,2-16,23H2,1H3,(H,29,30). The molecule has 0 saturated carbocycles. The van der Waals surface area contributed by atoms with Crippen molar-refractivity contribution in [2.75, 3.05) is 5.32 Å². The molecule has 0 spiro atoms. The average Bonchev–Trinajstić information content (AvgIpc) is 2.77. The zero-order chi connectivity index (χ0) is 20.9. The molecule has 0 amide bonds. The Morgan fingerprint density at radius 3 is 1.77 bits per heavy atom. The number of aliphatic imine (C=N–C) groups is 1. The van der Waals surface area contributed by atoms with Crippen molar-refractivity contribution >= 4 is 28.0 Å². The van der Waals surface area contributed by atoms with E-state index in [0.29, 0.717) is 0 Å². The summed E-state index contributed by atoms with van der Waals surface area (Å²) in [4.78, 5) is 4.87. The number of nitrogens with one attached hydrogen (secondary N) is 1. The summed E-state index contributed by atoms with van der Waals surface area (Å²) in [5.74, 6) is 1.14. The molecule has 0 bridgehead atoms. The first-order valence-corrected chi connectivity index (χ1v) is 12.7. The lowest BCUT2D eigenvalue weighted by Crippen LogP contribution is -2.14. The molecule has 1 aliphatic rings. The van der Waals surface area contributed by atoms with Crippen molar-refractivity contribution in [1.82, 2.24) is 0 Å². The summed E-state index contributed by atoms with van der Waals surface area (Å²) in [5.41, 5.74) is 2.34. The molecule has 0 unspecified atom stereocenters. The van der Waals surface area contributed by atoms with Gasteiger partial charge in [-0.15, -0.1) is 0 Å². The van der Waals surface area contributed by atoms with Crippen LogP contribution in [0.25, 0.3) is 10.8 Å². The van der Waals surface area contributed by atoms with Crippen LogP contribution in [-0.4, -0.2) is 5.84 Å². The fourth-order valence-corrected chi connectivity index (χ4v) is 4.63. The predicted molar refractivity (Wildman–Crippen MR) is 134 cm³/mol. The summed E-state index contributed by atoms with van der Waals surface area (Å²) < 4.78 is 0. The SMILES string of the molecule is CCCCCCCCCCCCCCCCCC1=Nc2cccc3cccc(c23)N1. The third-order valence-corrected chi connectivity index (χ3v) is 6.43. The minimum Gasteiger partial charge on any atom is -0.343 e. The highest BCUT2D eigenvalue weighted by Crippen LogP contribution is 2.36. The van der Waals surface area contributed by atoms with Crippen molar-refractivity contribution in [2.45, 2.75) is 110 Å². The highest BCUT2D eigenvalue weighted by atomic mass is 15.0. The van der Waals surface area contributed by atoms with Crippen LogP contribution in [0.15, 0.2) is 41.4 Å². The molecule has 2 aromatic carbocycles. The molecule has 0 aromatic heterocycles. The van der Waals surface area contributed by atoms with Crippen LogP contribution in [0.3, 0.4) is 0 Å². The highest BCUT2D eigenvalue weighted by Gasteiger charge is 2.13. The van der Waals surface area contributed by atoms with Crippen molar-refractivity contribution < 1.29 is 0 Å². The second-order valence-corrected chi connectivity index (χ2v) is 9.06. The van der Waals surface area contributed by atoms with Gasteiger partial charge in [-0.2, -0.15) is 0 Å². The third-order valence-electron chi connectivity index (χ3n) is 6.43. The van der Waals surface area contributed by atoms with Gasteiger partial charge in [-0.1, -0.05) is 121 Å². The Balaban J connectivity index is 1.19. The highest BCUT2D eigenvalue weighted by molar-refractivity contribution is 6.13. The van der Waals surface area contributed by atoms with Gasteiger partial charge >= 0.3 is 0 Å². The van der Waals surface area contributed by atoms with Crippen molar-refractivity contribution in [3.05, 3.63) is 36.4 Å². The van der Waals surface area contributed by atoms with Crippen LogP contribution in [0.1, 0.15) is 110 Å². The maximum absolute atomic E-state index is 4.87. The lowest BCUT2D eigenvalue weighted by atomic mass is 10.0. The minimum atomic E-state index is 1.06. The molecule has 2 nitrogen and oxygen atoms in total. The van der Waals surface area contributed by atoms with Gasteiger partial charge in [-0.05, 0) is 23.9 Å². The quantitative estimate of drug-likeness (QED) is 0.276. The van der Waals surface area contributed by atoms with E-state index in [1.807, 2.05) is 0 Å². The van der Waals surface area contributed by atoms with E-state index in [2.05, 4.69) is 48.6 Å². The molecule has 1 N–H and O–H groups in total. The molecule has 2 aromatic rings. The van der Waals surface area contributed by atoms with Gasteiger partial charge in [0, 0.05) is 17.5 Å². The molecule has 0 atom stereocenters. The van der Waals surface area contributed by atoms with E-state index in [9.17, 15) is 0 Å². The van der Waals surface area contributed by atoms with Gasteiger partial charge in [0.15, 0.2) is 0 Å². The van der Waals surface area contributed by atoms with E-state index in [1.54, 1.807) is 0 Å². The molecule has 0 saturated heterocycles. The van der Waals surface area contributed by atoms with Crippen molar-refractivity contribution in [2.24, 2.45) is 4.99 Å². The Labute approximate surface area is 184 Å². The van der Waals surface area contributed by atoms with Crippen LogP contribution < -0.4 is 5.32 Å². The number of amidine groups is 1. The molecule has 0 fully saturated rings. The Hall–Kier alpha value is -1.83. The number of rotatable bonds is 16. The number of hydrogen-bond donors (Lipinski definition) is 1. The Kier molecular flexibility index (Phi) is 10.3. The smallest absolute Gasteiger partial charge is 0.107 e. The number of unbranched alkanes of at least 4 members (excludes halogenated alkanes) is 14. The van der Waals surface area contributed by atoms with Crippen molar-refractivity contribution in [3.8, 4) is 0 Å². The van der Waals surface area contributed by atoms with E-state index in [1.165, 1.54) is 113 Å². The van der Waals surface area contributed by atoms with Gasteiger partial charge in [0.2, 0.25) is 0 Å². The summed E-state index contributed by atoms with van der Waals surface area (Å²) >= 11 is 0. The zero-order valence-electron chi connectivity index (χ0n) is 19.2. The Bertz CT molecular complexity index is 772. The van der Waals surface area contributed by atoms with Crippen molar-refractivity contribution in [1.29, 1.82) is 0 Å². The van der Waals surface area contributed by atoms with Crippen LogP contribution in [0.2, 0.25) is 0 Å². The Morgan fingerprint density at radius 1 is 0.633 bits per heavy atom. The van der Waals surface area contributed by atoms with Crippen LogP contribution in [0.4, 0.5) is 11.4 Å². The lowest BCUT2D eigenvalue weighted by molar-refractivity contribution is 0.533. The van der Waals surface area contributed by atoms with E-state index >= 15 is 0 Å². The zero-order valence-corrected chi connectivity index (χ0v) is 19.2. The molecule has 0 aliphatic carbocycles. The monoisotopic (exact) mass is 406 g/mol. The molecule has 3 rings (SSSR count). The van der Waals surface area contributed by atoms with E-state index < -0.39 is 0 Å². The van der Waals surface area contributed by atoms with E-state index in [-0.39, 0.29) is 0 Å². The van der Waals surface area contributed by atoms with E-state index in [0.717, 1.165) is 17.9 Å². The first kappa shape index (κ1) is 22.8. The maximum Gasteiger partial charge on any atom is 0.107 e. The fourth-order valence-electron chi connectivity index (χ4n) is 4.63. The van der Waals surface area contributed by atoms with Gasteiger partial charge in [-0.25, -0.2) is 4.99 Å².